The first-order valence-electron chi connectivity index (χ1n) is 2.56. The summed E-state index contributed by atoms with van der Waals surface area (Å²) in [6.07, 6.45) is 0. The van der Waals surface area contributed by atoms with Gasteiger partial charge in [0.05, 0.1) is 13.3 Å². The number of hydrazine groups is 1. The molecule has 0 bridgehead atoms. The van der Waals surface area contributed by atoms with Crippen LogP contribution in [0.5, 0.6) is 0 Å². The van der Waals surface area contributed by atoms with Crippen molar-refractivity contribution in [3.05, 3.63) is 0 Å². The van der Waals surface area contributed by atoms with Crippen LogP contribution < -0.4 is 0 Å². The van der Waals surface area contributed by atoms with Crippen LogP contribution in [0.15, 0.2) is 0 Å². The maximum absolute atomic E-state index is 8.82. The van der Waals surface area contributed by atoms with Gasteiger partial charge in [0.1, 0.15) is 0 Å². The Labute approximate surface area is 48.8 Å². The number of hydrogen-bond donors (Lipinski definition) is 1. The molecule has 4 heteroatoms. The molecule has 0 spiro atoms. The summed E-state index contributed by atoms with van der Waals surface area (Å²) >= 11 is 0. The van der Waals surface area contributed by atoms with E-state index in [1.54, 1.807) is 0 Å². The molecule has 0 aromatic rings. The van der Waals surface area contributed by atoms with Gasteiger partial charge in [-0.2, -0.15) is 5.06 Å². The molecular weight excluding hydrogens is 106 g/mol. The molecule has 0 saturated carbocycles. The lowest BCUT2D eigenvalue weighted by atomic mass is 11.0. The maximum atomic E-state index is 8.82. The molecule has 0 aromatic heterocycles. The summed E-state index contributed by atoms with van der Waals surface area (Å²) in [7, 11) is 3.85. The third-order valence-electron chi connectivity index (χ3n) is 1.32. The van der Waals surface area contributed by atoms with Crippen LogP contribution >= 0.6 is 0 Å². The molecule has 0 amide bonds. The molecule has 1 aliphatic rings. The van der Waals surface area contributed by atoms with Crippen molar-refractivity contribution in [3.8, 4) is 0 Å². The Bertz CT molecular complexity index is 77.4. The molecule has 8 heavy (non-hydrogen) atoms. The SMILES string of the molecule is CN1CN(O)CN1C. The second-order valence-corrected chi connectivity index (χ2v) is 2.10. The predicted molar refractivity (Wildman–Crippen MR) is 28.9 cm³/mol. The van der Waals surface area contributed by atoms with Gasteiger partial charge in [0, 0.05) is 14.1 Å². The van der Waals surface area contributed by atoms with Gasteiger partial charge < -0.3 is 5.21 Å². The fourth-order valence-corrected chi connectivity index (χ4v) is 0.733. The van der Waals surface area contributed by atoms with E-state index in [2.05, 4.69) is 0 Å². The van der Waals surface area contributed by atoms with Crippen molar-refractivity contribution in [2.75, 3.05) is 27.4 Å². The van der Waals surface area contributed by atoms with E-state index < -0.39 is 0 Å². The number of hydrogen-bond acceptors (Lipinski definition) is 4. The molecule has 0 aliphatic carbocycles. The number of nitrogens with zero attached hydrogens (tertiary/aromatic N) is 3. The molecule has 0 radical (unpaired) electrons. The van der Waals surface area contributed by atoms with Gasteiger partial charge in [0.25, 0.3) is 0 Å². The summed E-state index contributed by atoms with van der Waals surface area (Å²) in [6, 6.07) is 0. The molecule has 4 nitrogen and oxygen atoms in total. The van der Waals surface area contributed by atoms with Crippen LogP contribution in [0.25, 0.3) is 0 Å². The molecule has 48 valence electrons. The second kappa shape index (κ2) is 1.99. The Morgan fingerprint density at radius 1 is 1.12 bits per heavy atom. The third-order valence-corrected chi connectivity index (χ3v) is 1.32. The van der Waals surface area contributed by atoms with Gasteiger partial charge >= 0.3 is 0 Å². The highest BCUT2D eigenvalue weighted by atomic mass is 16.5. The van der Waals surface area contributed by atoms with Crippen molar-refractivity contribution >= 4 is 0 Å². The fourth-order valence-electron chi connectivity index (χ4n) is 0.733. The molecule has 0 atom stereocenters. The van der Waals surface area contributed by atoms with E-state index in [9.17, 15) is 0 Å². The van der Waals surface area contributed by atoms with Gasteiger partial charge in [-0.25, -0.2) is 10.0 Å². The molecule has 1 aliphatic heterocycles. The minimum absolute atomic E-state index is 0.608. The summed E-state index contributed by atoms with van der Waals surface area (Å²) in [5.41, 5.74) is 0. The van der Waals surface area contributed by atoms with Crippen LogP contribution in [0.3, 0.4) is 0 Å². The summed E-state index contributed by atoms with van der Waals surface area (Å²) in [6.45, 7) is 1.22. The summed E-state index contributed by atoms with van der Waals surface area (Å²) in [5.74, 6) is 0. The van der Waals surface area contributed by atoms with Crippen molar-refractivity contribution in [3.63, 3.8) is 0 Å². The van der Waals surface area contributed by atoms with E-state index >= 15 is 0 Å². The smallest absolute Gasteiger partial charge is 0.0903 e. The van der Waals surface area contributed by atoms with E-state index in [4.69, 9.17) is 5.21 Å². The van der Waals surface area contributed by atoms with Gasteiger partial charge in [-0.15, -0.1) is 0 Å². The summed E-state index contributed by atoms with van der Waals surface area (Å²) in [5, 5.41) is 13.9. The van der Waals surface area contributed by atoms with Gasteiger partial charge in [0.2, 0.25) is 0 Å². The van der Waals surface area contributed by atoms with Crippen LogP contribution in [0.2, 0.25) is 0 Å². The minimum atomic E-state index is 0.608. The Morgan fingerprint density at radius 3 is 1.62 bits per heavy atom. The number of hydroxylamine groups is 2. The highest BCUT2D eigenvalue weighted by Crippen LogP contribution is 2.01. The van der Waals surface area contributed by atoms with E-state index in [0.29, 0.717) is 13.3 Å². The Hall–Kier alpha value is -0.160. The van der Waals surface area contributed by atoms with Gasteiger partial charge in [0.15, 0.2) is 0 Å². The molecule has 0 aromatic carbocycles. The molecule has 1 heterocycles. The molecule has 0 unspecified atom stereocenters. The van der Waals surface area contributed by atoms with Crippen LogP contribution in [-0.4, -0.2) is 47.7 Å². The van der Waals surface area contributed by atoms with Crippen LogP contribution in [0.1, 0.15) is 0 Å². The van der Waals surface area contributed by atoms with Crippen LogP contribution in [-0.2, 0) is 0 Å². The lowest BCUT2D eigenvalue weighted by Gasteiger charge is -2.14. The van der Waals surface area contributed by atoms with Crippen molar-refractivity contribution in [2.24, 2.45) is 0 Å². The van der Waals surface area contributed by atoms with E-state index in [-0.39, 0.29) is 0 Å². The zero-order chi connectivity index (χ0) is 6.15. The fraction of sp³-hybridized carbons (Fsp3) is 1.00. The first kappa shape index (κ1) is 5.97. The first-order chi connectivity index (χ1) is 3.70. The first-order valence-corrected chi connectivity index (χ1v) is 2.56. The standard InChI is InChI=1S/C4H11N3O/c1-5-3-7(8)4-6(5)2/h8H,3-4H2,1-2H3. The normalized spacial score (nSPS) is 27.4. The van der Waals surface area contributed by atoms with Crippen LogP contribution in [0.4, 0.5) is 0 Å². The Morgan fingerprint density at radius 2 is 1.50 bits per heavy atom. The van der Waals surface area contributed by atoms with Crippen LogP contribution in [0, 0.1) is 0 Å². The van der Waals surface area contributed by atoms with Crippen molar-refractivity contribution in [1.29, 1.82) is 0 Å². The molecule has 1 rings (SSSR count). The van der Waals surface area contributed by atoms with E-state index in [1.807, 2.05) is 24.1 Å². The maximum Gasteiger partial charge on any atom is 0.0903 e. The van der Waals surface area contributed by atoms with Crippen molar-refractivity contribution in [1.82, 2.24) is 15.1 Å². The van der Waals surface area contributed by atoms with Gasteiger partial charge in [-0.1, -0.05) is 0 Å². The lowest BCUT2D eigenvalue weighted by molar-refractivity contribution is -0.0815. The predicted octanol–water partition coefficient (Wildman–Crippen LogP) is -0.615. The lowest BCUT2D eigenvalue weighted by Crippen LogP contribution is -2.28. The zero-order valence-corrected chi connectivity index (χ0v) is 5.20. The molecule has 1 N–H and O–H groups in total. The number of rotatable bonds is 0. The molecular formula is C4H11N3O. The van der Waals surface area contributed by atoms with Gasteiger partial charge in [-0.3, -0.25) is 0 Å². The molecule has 1 saturated heterocycles. The average Bonchev–Trinajstić information content (AvgIpc) is 1.85. The Kier molecular flexibility index (Phi) is 1.48. The zero-order valence-electron chi connectivity index (χ0n) is 5.20. The van der Waals surface area contributed by atoms with Gasteiger partial charge in [-0.05, 0) is 0 Å². The third kappa shape index (κ3) is 0.976. The minimum Gasteiger partial charge on any atom is -0.311 e. The van der Waals surface area contributed by atoms with E-state index in [0.717, 1.165) is 0 Å². The Balaban J connectivity index is 2.39. The average molecular weight is 117 g/mol. The highest BCUT2D eigenvalue weighted by molar-refractivity contribution is 4.51. The summed E-state index contributed by atoms with van der Waals surface area (Å²) < 4.78 is 0. The van der Waals surface area contributed by atoms with E-state index in [1.165, 1.54) is 5.06 Å². The quantitative estimate of drug-likeness (QED) is 0.458. The molecule has 1 fully saturated rings. The monoisotopic (exact) mass is 117 g/mol. The highest BCUT2D eigenvalue weighted by Gasteiger charge is 2.18. The largest absolute Gasteiger partial charge is 0.311 e. The summed E-state index contributed by atoms with van der Waals surface area (Å²) in [4.78, 5) is 0. The topological polar surface area (TPSA) is 30.0 Å². The second-order valence-electron chi connectivity index (χ2n) is 2.10. The van der Waals surface area contributed by atoms with Crippen molar-refractivity contribution in [2.45, 2.75) is 0 Å². The van der Waals surface area contributed by atoms with Crippen molar-refractivity contribution < 1.29 is 5.21 Å².